The molecule has 0 aliphatic carbocycles. The van der Waals surface area contributed by atoms with Crippen molar-refractivity contribution in [1.82, 2.24) is 14.1 Å². The molecule has 0 atom stereocenters. The van der Waals surface area contributed by atoms with E-state index in [4.69, 9.17) is 9.72 Å². The zero-order chi connectivity index (χ0) is 34.1. The molecule has 3 heterocycles. The number of pyridine rings is 1. The molecule has 0 saturated carbocycles. The van der Waals surface area contributed by atoms with Crippen molar-refractivity contribution in [2.24, 2.45) is 0 Å². The van der Waals surface area contributed by atoms with Gasteiger partial charge in [-0.2, -0.15) is 18.2 Å². The van der Waals surface area contributed by atoms with Gasteiger partial charge in [-0.25, -0.2) is 4.98 Å². The summed E-state index contributed by atoms with van der Waals surface area (Å²) in [5, 5.41) is 2.25. The van der Waals surface area contributed by atoms with Crippen LogP contribution in [0.1, 0.15) is 65.5 Å². The molecule has 0 N–H and O–H groups in total. The van der Waals surface area contributed by atoms with Gasteiger partial charge in [0.2, 0.25) is 0 Å². The number of nitrogens with zero attached hydrogens (tertiary/aromatic N) is 4. The Morgan fingerprint density at radius 2 is 1.39 bits per heavy atom. The first-order valence-electron chi connectivity index (χ1n) is 16.6. The molecule has 49 heavy (non-hydrogen) atoms. The molecule has 0 aliphatic heterocycles. The van der Waals surface area contributed by atoms with Crippen LogP contribution in [0.15, 0.2) is 72.9 Å². The predicted octanol–water partition coefficient (Wildman–Crippen LogP) is 9.89. The summed E-state index contributed by atoms with van der Waals surface area (Å²) in [6.07, 6.45) is 5.53. The molecular weight excluding hydrogens is 784 g/mol. The van der Waals surface area contributed by atoms with Crippen LogP contribution in [-0.2, 0) is 26.5 Å². The molecule has 5 nitrogen and oxygen atoms in total. The van der Waals surface area contributed by atoms with Crippen molar-refractivity contribution in [3.05, 3.63) is 136 Å². The third-order valence-corrected chi connectivity index (χ3v) is 10.2. The fourth-order valence-corrected chi connectivity index (χ4v) is 6.76. The molecule has 0 radical (unpaired) electrons. The zero-order valence-electron chi connectivity index (χ0n) is 29.9. The number of para-hydroxylation sites is 1. The maximum absolute atomic E-state index is 6.48. The van der Waals surface area contributed by atoms with Crippen molar-refractivity contribution in [2.75, 3.05) is 0 Å². The van der Waals surface area contributed by atoms with E-state index in [2.05, 4.69) is 144 Å². The Morgan fingerprint density at radius 3 is 2.10 bits per heavy atom. The first-order valence-corrected chi connectivity index (χ1v) is 16.6. The van der Waals surface area contributed by atoms with Crippen molar-refractivity contribution in [3.8, 4) is 28.7 Å². The first-order chi connectivity index (χ1) is 22.8. The molecule has 0 bridgehead atoms. The van der Waals surface area contributed by atoms with Gasteiger partial charge >= 0.3 is 0 Å². The largest absolute Gasteiger partial charge is 0.510 e. The van der Waals surface area contributed by atoms with Gasteiger partial charge in [-0.3, -0.25) is 4.57 Å². The second-order valence-electron chi connectivity index (χ2n) is 14.0. The van der Waals surface area contributed by atoms with Gasteiger partial charge in [0, 0.05) is 50.0 Å². The van der Waals surface area contributed by atoms with Gasteiger partial charge < -0.3 is 13.9 Å². The Labute approximate surface area is 304 Å². The van der Waals surface area contributed by atoms with Gasteiger partial charge in [-0.15, -0.1) is 29.7 Å². The summed E-state index contributed by atoms with van der Waals surface area (Å²) in [5.74, 6) is 2.09. The van der Waals surface area contributed by atoms with E-state index < -0.39 is 0 Å². The summed E-state index contributed by atoms with van der Waals surface area (Å²) in [6, 6.07) is 29.9. The van der Waals surface area contributed by atoms with E-state index in [0.717, 1.165) is 44.7 Å². The van der Waals surface area contributed by atoms with Crippen LogP contribution in [0.3, 0.4) is 0 Å². The number of ether oxygens (including phenoxy) is 1. The Hall–Kier alpha value is -4.47. The minimum atomic E-state index is -0.00171. The molecule has 3 aromatic heterocycles. The molecule has 4 aromatic carbocycles. The molecule has 0 amide bonds. The molecule has 0 saturated heterocycles. The second kappa shape index (κ2) is 12.8. The minimum Gasteiger partial charge on any atom is -0.510 e. The topological polar surface area (TPSA) is 35.9 Å². The number of benzene rings is 4. The van der Waals surface area contributed by atoms with Gasteiger partial charge in [0.1, 0.15) is 5.82 Å². The van der Waals surface area contributed by atoms with Gasteiger partial charge in [-0.1, -0.05) is 44.5 Å². The summed E-state index contributed by atoms with van der Waals surface area (Å²) in [4.78, 5) is 4.81. The third-order valence-electron chi connectivity index (χ3n) is 10.2. The minimum absolute atomic E-state index is 0. The van der Waals surface area contributed by atoms with E-state index in [1.165, 1.54) is 39.1 Å². The van der Waals surface area contributed by atoms with Crippen LogP contribution in [0.5, 0.6) is 11.5 Å². The van der Waals surface area contributed by atoms with E-state index in [1.54, 1.807) is 0 Å². The van der Waals surface area contributed by atoms with Gasteiger partial charge in [-0.05, 0) is 117 Å². The van der Waals surface area contributed by atoms with Crippen molar-refractivity contribution in [3.63, 3.8) is 0 Å². The zero-order valence-corrected chi connectivity index (χ0v) is 32.2. The van der Waals surface area contributed by atoms with Crippen molar-refractivity contribution in [1.29, 1.82) is 0 Å². The van der Waals surface area contributed by atoms with Gasteiger partial charge in [0.25, 0.3) is 6.33 Å². The molecule has 0 unspecified atom stereocenters. The summed E-state index contributed by atoms with van der Waals surface area (Å²) in [5.41, 5.74) is 14.1. The Kier molecular flexibility index (Phi) is 8.96. The number of hydrogen-bond acceptors (Lipinski definition) is 2. The standard InChI is InChI=1S/C43H42N4O.Pt/c1-26-27(2)29(4)42(30(5)28(26)3)46-25-45(31(6)32(46)7)34-14-13-15-35(23-34)48-36-18-19-38-37-16-11-12-17-39(37)47(40(38)24-36)41-22-33(20-21-44-41)43(8,9)10;/h11-22H,1-10H3;/q-2;. The summed E-state index contributed by atoms with van der Waals surface area (Å²) < 4.78 is 12.9. The van der Waals surface area contributed by atoms with Crippen molar-refractivity contribution >= 4 is 21.8 Å². The first kappa shape index (κ1) is 34.4. The third kappa shape index (κ3) is 5.82. The molecule has 252 valence electrons. The smallest absolute Gasteiger partial charge is 0.267 e. The molecular formula is C43H42N4OPt-2. The number of rotatable bonds is 5. The quantitative estimate of drug-likeness (QED) is 0.128. The number of imidazole rings is 1. The fourth-order valence-electron chi connectivity index (χ4n) is 6.76. The molecule has 0 spiro atoms. The van der Waals surface area contributed by atoms with Crippen LogP contribution in [0.2, 0.25) is 0 Å². The average molecular weight is 826 g/mol. The Bertz CT molecular complexity index is 2360. The molecule has 7 aromatic rings. The van der Waals surface area contributed by atoms with E-state index in [1.807, 2.05) is 30.5 Å². The number of fused-ring (bicyclic) bond motifs is 3. The molecule has 6 heteroatoms. The van der Waals surface area contributed by atoms with E-state index in [-0.39, 0.29) is 26.5 Å². The monoisotopic (exact) mass is 825 g/mol. The predicted molar refractivity (Wildman–Crippen MR) is 194 cm³/mol. The van der Waals surface area contributed by atoms with Crippen LogP contribution in [0.25, 0.3) is 39.0 Å². The maximum Gasteiger partial charge on any atom is 0.267 e. The molecule has 0 aliphatic rings. The van der Waals surface area contributed by atoms with Crippen molar-refractivity contribution < 1.29 is 30.4 Å². The van der Waals surface area contributed by atoms with E-state index >= 15 is 0 Å². The molecule has 7 rings (SSSR count). The fraction of sp³-hybridized carbons (Fsp3) is 0.256. The van der Waals surface area contributed by atoms with Gasteiger partial charge in [0.15, 0.2) is 0 Å². The Morgan fingerprint density at radius 1 is 0.714 bits per heavy atom. The summed E-state index contributed by atoms with van der Waals surface area (Å²) in [6.45, 7) is 22.0. The van der Waals surface area contributed by atoms with E-state index in [9.17, 15) is 0 Å². The van der Waals surface area contributed by atoms with Crippen LogP contribution in [0, 0.1) is 66.9 Å². The number of aromatic nitrogens is 4. The van der Waals surface area contributed by atoms with Gasteiger partial charge in [0.05, 0.1) is 11.4 Å². The average Bonchev–Trinajstić information content (AvgIpc) is 3.56. The van der Waals surface area contributed by atoms with Crippen LogP contribution in [-0.4, -0.2) is 14.1 Å². The van der Waals surface area contributed by atoms with Crippen LogP contribution in [0.4, 0.5) is 0 Å². The summed E-state index contributed by atoms with van der Waals surface area (Å²) >= 11 is 0. The summed E-state index contributed by atoms with van der Waals surface area (Å²) in [7, 11) is 0. The van der Waals surface area contributed by atoms with E-state index in [0.29, 0.717) is 11.5 Å². The number of hydrogen-bond donors (Lipinski definition) is 0. The van der Waals surface area contributed by atoms with Crippen molar-refractivity contribution in [2.45, 2.75) is 74.7 Å². The van der Waals surface area contributed by atoms with Crippen LogP contribution < -0.4 is 9.30 Å². The molecule has 0 fully saturated rings. The van der Waals surface area contributed by atoms with Crippen LogP contribution >= 0.6 is 0 Å². The second-order valence-corrected chi connectivity index (χ2v) is 14.0. The maximum atomic E-state index is 6.48. The SMILES string of the molecule is Cc1c(C)c(C)c(-[n+]2[c-]n(-c3[c-]c(Oc4[c-]c5c(cc4)c4ccccc4n5-c4cc(C(C)(C)C)ccn4)ccc3)c(C)c2C)c(C)c1C.[Pt]. The Balaban J connectivity index is 0.00000417. The normalized spacial score (nSPS) is 11.7.